The first kappa shape index (κ1) is 31.2. The average molecular weight is 703 g/mol. The predicted octanol–water partition coefficient (Wildman–Crippen LogP) is 14.6. The summed E-state index contributed by atoms with van der Waals surface area (Å²) in [5, 5.41) is 7.20. The maximum atomic E-state index is 6.22. The number of hydrogen-bond acceptors (Lipinski definition) is 2. The van der Waals surface area contributed by atoms with Crippen molar-refractivity contribution in [1.82, 2.24) is 4.57 Å². The van der Waals surface area contributed by atoms with Crippen molar-refractivity contribution in [2.45, 2.75) is 0 Å². The third kappa shape index (κ3) is 5.28. The highest BCUT2D eigenvalue weighted by atomic mass is 16.3. The number of hydrogen-bond donors (Lipinski definition) is 0. The molecule has 0 spiro atoms. The fourth-order valence-corrected chi connectivity index (χ4v) is 8.31. The summed E-state index contributed by atoms with van der Waals surface area (Å²) in [4.78, 5) is 2.34. The van der Waals surface area contributed by atoms with Crippen LogP contribution in [0, 0.1) is 0 Å². The Bertz CT molecular complexity index is 3190. The summed E-state index contributed by atoms with van der Waals surface area (Å²) in [5.74, 6) is 0. The Labute approximate surface area is 318 Å². The molecule has 0 amide bonds. The Morgan fingerprint density at radius 2 is 0.964 bits per heavy atom. The number of benzene rings is 9. The van der Waals surface area contributed by atoms with Crippen molar-refractivity contribution >= 4 is 71.6 Å². The van der Waals surface area contributed by atoms with Crippen molar-refractivity contribution in [2.75, 3.05) is 4.90 Å². The Morgan fingerprint density at radius 3 is 1.82 bits per heavy atom. The summed E-state index contributed by atoms with van der Waals surface area (Å²) in [5.41, 5.74) is 13.3. The molecule has 0 saturated heterocycles. The maximum Gasteiger partial charge on any atom is 0.135 e. The number of aromatic nitrogens is 1. The van der Waals surface area contributed by atoms with Gasteiger partial charge in [-0.2, -0.15) is 0 Å². The van der Waals surface area contributed by atoms with Gasteiger partial charge in [-0.05, 0) is 118 Å². The second kappa shape index (κ2) is 12.6. The van der Waals surface area contributed by atoms with Crippen molar-refractivity contribution in [2.24, 2.45) is 0 Å². The summed E-state index contributed by atoms with van der Waals surface area (Å²) in [7, 11) is 0. The highest BCUT2D eigenvalue weighted by molar-refractivity contribution is 6.14. The standard InChI is InChI=1S/C52H34N2O/c1-3-12-35(13-4-1)37-14-11-17-43(31-37)53(44-28-29-52-48(34-44)46-19-8-10-21-51(46)55-52)42-26-24-36(25-27-42)38-22-23-39-32-47-45-18-7-9-20-49(45)54(41-15-5-2-6-16-41)50(47)33-40(39)30-38/h1-34H. The monoisotopic (exact) mass is 702 g/mol. The van der Waals surface area contributed by atoms with Gasteiger partial charge in [0.1, 0.15) is 11.2 Å². The molecule has 2 heterocycles. The van der Waals surface area contributed by atoms with Crippen LogP contribution in [0.15, 0.2) is 211 Å². The minimum atomic E-state index is 0.885. The van der Waals surface area contributed by atoms with E-state index in [0.29, 0.717) is 0 Å². The zero-order chi connectivity index (χ0) is 36.3. The molecule has 0 aliphatic heterocycles. The molecule has 3 heteroatoms. The van der Waals surface area contributed by atoms with Crippen LogP contribution in [0.3, 0.4) is 0 Å². The van der Waals surface area contributed by atoms with E-state index in [-0.39, 0.29) is 0 Å². The van der Waals surface area contributed by atoms with Crippen LogP contribution >= 0.6 is 0 Å². The van der Waals surface area contributed by atoms with Gasteiger partial charge in [-0.3, -0.25) is 0 Å². The van der Waals surface area contributed by atoms with E-state index in [2.05, 4.69) is 204 Å². The van der Waals surface area contributed by atoms with Gasteiger partial charge in [-0.15, -0.1) is 0 Å². The number of fused-ring (bicyclic) bond motifs is 7. The van der Waals surface area contributed by atoms with Crippen molar-refractivity contribution in [3.63, 3.8) is 0 Å². The van der Waals surface area contributed by atoms with E-state index in [1.165, 1.54) is 60.5 Å². The zero-order valence-electron chi connectivity index (χ0n) is 29.9. The van der Waals surface area contributed by atoms with Crippen molar-refractivity contribution in [3.05, 3.63) is 206 Å². The van der Waals surface area contributed by atoms with E-state index in [9.17, 15) is 0 Å². The van der Waals surface area contributed by atoms with E-state index in [4.69, 9.17) is 4.42 Å². The number of rotatable bonds is 6. The topological polar surface area (TPSA) is 21.3 Å². The van der Waals surface area contributed by atoms with Gasteiger partial charge in [-0.1, -0.05) is 121 Å². The van der Waals surface area contributed by atoms with Gasteiger partial charge in [0.25, 0.3) is 0 Å². The fraction of sp³-hybridized carbons (Fsp3) is 0. The van der Waals surface area contributed by atoms with E-state index in [1.54, 1.807) is 0 Å². The summed E-state index contributed by atoms with van der Waals surface area (Å²) < 4.78 is 8.60. The SMILES string of the molecule is c1ccc(-c2cccc(N(c3ccc(-c4ccc5cc6c7ccccc7n(-c7ccccc7)c6cc5c4)cc3)c3ccc4oc5ccccc5c4c3)c2)cc1. The third-order valence-electron chi connectivity index (χ3n) is 10.9. The van der Waals surface area contributed by atoms with Crippen LogP contribution in [-0.4, -0.2) is 4.57 Å². The predicted molar refractivity (Wildman–Crippen MR) is 231 cm³/mol. The van der Waals surface area contributed by atoms with Gasteiger partial charge in [-0.25, -0.2) is 0 Å². The second-order valence-electron chi connectivity index (χ2n) is 14.2. The Balaban J connectivity index is 1.02. The van der Waals surface area contributed by atoms with Crippen LogP contribution in [0.2, 0.25) is 0 Å². The lowest BCUT2D eigenvalue weighted by atomic mass is 9.99. The Kier molecular flexibility index (Phi) is 7.17. The van der Waals surface area contributed by atoms with Gasteiger partial charge in [0.15, 0.2) is 0 Å². The first-order valence-electron chi connectivity index (χ1n) is 18.7. The number of anilines is 3. The highest BCUT2D eigenvalue weighted by Gasteiger charge is 2.17. The first-order chi connectivity index (χ1) is 27.2. The molecule has 0 fully saturated rings. The number of para-hydroxylation sites is 3. The van der Waals surface area contributed by atoms with Gasteiger partial charge < -0.3 is 13.9 Å². The molecule has 11 aromatic rings. The molecule has 0 radical (unpaired) electrons. The molecule has 0 N–H and O–H groups in total. The van der Waals surface area contributed by atoms with Gasteiger partial charge in [0.2, 0.25) is 0 Å². The number of furan rings is 1. The van der Waals surface area contributed by atoms with Crippen molar-refractivity contribution < 1.29 is 4.42 Å². The van der Waals surface area contributed by atoms with Gasteiger partial charge >= 0.3 is 0 Å². The van der Waals surface area contributed by atoms with Gasteiger partial charge in [0, 0.05) is 44.3 Å². The van der Waals surface area contributed by atoms with Crippen LogP contribution in [0.4, 0.5) is 17.1 Å². The second-order valence-corrected chi connectivity index (χ2v) is 14.2. The quantitative estimate of drug-likeness (QED) is 0.172. The molecule has 2 aromatic heterocycles. The van der Waals surface area contributed by atoms with Gasteiger partial charge in [0.05, 0.1) is 11.0 Å². The summed E-state index contributed by atoms with van der Waals surface area (Å²) in [6.45, 7) is 0. The summed E-state index contributed by atoms with van der Waals surface area (Å²) >= 11 is 0. The molecular formula is C52H34N2O. The van der Waals surface area contributed by atoms with Crippen LogP contribution < -0.4 is 4.90 Å². The molecule has 11 rings (SSSR count). The lowest BCUT2D eigenvalue weighted by molar-refractivity contribution is 0.669. The molecule has 3 nitrogen and oxygen atoms in total. The average Bonchev–Trinajstić information content (AvgIpc) is 3.79. The molecule has 0 unspecified atom stereocenters. The molecule has 9 aromatic carbocycles. The summed E-state index contributed by atoms with van der Waals surface area (Å²) in [6, 6.07) is 74.0. The molecule has 258 valence electrons. The zero-order valence-corrected chi connectivity index (χ0v) is 29.9. The molecule has 0 bridgehead atoms. The van der Waals surface area contributed by atoms with E-state index >= 15 is 0 Å². The molecule has 0 atom stereocenters. The molecule has 0 aliphatic rings. The van der Waals surface area contributed by atoms with Crippen LogP contribution in [-0.2, 0) is 0 Å². The highest BCUT2D eigenvalue weighted by Crippen LogP contribution is 2.41. The van der Waals surface area contributed by atoms with Crippen molar-refractivity contribution in [1.29, 1.82) is 0 Å². The third-order valence-corrected chi connectivity index (χ3v) is 10.9. The van der Waals surface area contributed by atoms with Crippen LogP contribution in [0.5, 0.6) is 0 Å². The minimum Gasteiger partial charge on any atom is -0.456 e. The summed E-state index contributed by atoms with van der Waals surface area (Å²) in [6.07, 6.45) is 0. The first-order valence-corrected chi connectivity index (χ1v) is 18.7. The van der Waals surface area contributed by atoms with E-state index in [0.717, 1.165) is 39.0 Å². The molecule has 0 saturated carbocycles. The number of nitrogens with zero attached hydrogens (tertiary/aromatic N) is 2. The lowest BCUT2D eigenvalue weighted by Gasteiger charge is -2.26. The van der Waals surface area contributed by atoms with E-state index in [1.807, 2.05) is 12.1 Å². The maximum absolute atomic E-state index is 6.22. The van der Waals surface area contributed by atoms with E-state index < -0.39 is 0 Å². The molecule has 55 heavy (non-hydrogen) atoms. The molecule has 0 aliphatic carbocycles. The normalized spacial score (nSPS) is 11.6. The Hall–Kier alpha value is -7.36. The minimum absolute atomic E-state index is 0.885. The smallest absolute Gasteiger partial charge is 0.135 e. The van der Waals surface area contributed by atoms with Crippen LogP contribution in [0.25, 0.3) is 82.5 Å². The lowest BCUT2D eigenvalue weighted by Crippen LogP contribution is -2.10. The van der Waals surface area contributed by atoms with Crippen LogP contribution in [0.1, 0.15) is 0 Å². The fourth-order valence-electron chi connectivity index (χ4n) is 8.31. The largest absolute Gasteiger partial charge is 0.456 e. The van der Waals surface area contributed by atoms with Crippen molar-refractivity contribution in [3.8, 4) is 27.9 Å². The Morgan fingerprint density at radius 1 is 0.327 bits per heavy atom. The molecular weight excluding hydrogens is 669 g/mol.